The van der Waals surface area contributed by atoms with Gasteiger partial charge in [-0.1, -0.05) is 6.07 Å². The minimum Gasteiger partial charge on any atom is -0.250 e. The van der Waals surface area contributed by atoms with E-state index in [1.807, 2.05) is 24.3 Å². The Morgan fingerprint density at radius 1 is 1.46 bits per heavy atom. The number of H-pyrrole nitrogens is 1. The number of aromatic amines is 1. The highest BCUT2D eigenvalue weighted by atomic mass is 127. The van der Waals surface area contributed by atoms with Crippen LogP contribution in [0.2, 0.25) is 0 Å². The van der Waals surface area contributed by atoms with E-state index in [2.05, 4.69) is 32.8 Å². The topological polar surface area (TPSA) is 50.7 Å². The Morgan fingerprint density at radius 3 is 2.92 bits per heavy atom. The van der Waals surface area contributed by atoms with Crippen molar-refractivity contribution in [3.8, 4) is 5.69 Å². The predicted molar refractivity (Wildman–Crippen MR) is 56.9 cm³/mol. The van der Waals surface area contributed by atoms with Crippen molar-refractivity contribution in [2.24, 2.45) is 0 Å². The molecule has 0 radical (unpaired) electrons. The van der Waals surface area contributed by atoms with Gasteiger partial charge in [-0.15, -0.1) is 0 Å². The highest BCUT2D eigenvalue weighted by Gasteiger charge is 1.99. The number of nitrogens with zero attached hydrogens (tertiary/aromatic N) is 2. The maximum Gasteiger partial charge on any atom is 0.347 e. The summed E-state index contributed by atoms with van der Waals surface area (Å²) in [6, 6.07) is 7.64. The largest absolute Gasteiger partial charge is 0.347 e. The summed E-state index contributed by atoms with van der Waals surface area (Å²) in [7, 11) is 0. The molecule has 5 heteroatoms. The summed E-state index contributed by atoms with van der Waals surface area (Å²) in [4.78, 5) is 11.2. The third kappa shape index (κ3) is 1.64. The van der Waals surface area contributed by atoms with Gasteiger partial charge >= 0.3 is 5.69 Å². The van der Waals surface area contributed by atoms with Crippen LogP contribution in [0.25, 0.3) is 5.69 Å². The molecule has 0 fully saturated rings. The Morgan fingerprint density at radius 2 is 2.31 bits per heavy atom. The third-order valence-corrected chi connectivity index (χ3v) is 2.31. The van der Waals surface area contributed by atoms with Gasteiger partial charge in [-0.25, -0.2) is 14.5 Å². The van der Waals surface area contributed by atoms with Crippen molar-refractivity contribution in [2.45, 2.75) is 0 Å². The van der Waals surface area contributed by atoms with Gasteiger partial charge in [0.15, 0.2) is 0 Å². The van der Waals surface area contributed by atoms with Gasteiger partial charge in [-0.05, 0) is 40.8 Å². The van der Waals surface area contributed by atoms with Crippen molar-refractivity contribution in [3.05, 3.63) is 44.6 Å². The van der Waals surface area contributed by atoms with Crippen LogP contribution in [0.5, 0.6) is 0 Å². The minimum atomic E-state index is -0.220. The van der Waals surface area contributed by atoms with E-state index < -0.39 is 0 Å². The molecular weight excluding hydrogens is 281 g/mol. The number of rotatable bonds is 1. The fraction of sp³-hybridized carbons (Fsp3) is 0. The van der Waals surface area contributed by atoms with E-state index in [9.17, 15) is 4.79 Å². The summed E-state index contributed by atoms with van der Waals surface area (Å²) in [5, 5.41) is 5.99. The van der Waals surface area contributed by atoms with Crippen LogP contribution in [-0.4, -0.2) is 14.8 Å². The Kier molecular flexibility index (Phi) is 2.17. The molecule has 0 unspecified atom stereocenters. The zero-order chi connectivity index (χ0) is 9.26. The normalized spacial score (nSPS) is 10.2. The fourth-order valence-corrected chi connectivity index (χ4v) is 1.58. The van der Waals surface area contributed by atoms with Crippen molar-refractivity contribution < 1.29 is 0 Å². The predicted octanol–water partition coefficient (Wildman–Crippen LogP) is 1.17. The molecule has 0 spiro atoms. The lowest BCUT2D eigenvalue weighted by molar-refractivity contribution is 0.982. The molecule has 0 atom stereocenters. The lowest BCUT2D eigenvalue weighted by Crippen LogP contribution is -2.13. The van der Waals surface area contributed by atoms with Crippen LogP contribution in [0.3, 0.4) is 0 Å². The van der Waals surface area contributed by atoms with Crippen LogP contribution < -0.4 is 5.69 Å². The monoisotopic (exact) mass is 287 g/mol. The molecule has 0 bridgehead atoms. The Balaban J connectivity index is 2.59. The smallest absolute Gasteiger partial charge is 0.250 e. The zero-order valence-electron chi connectivity index (χ0n) is 6.57. The zero-order valence-corrected chi connectivity index (χ0v) is 8.72. The maximum absolute atomic E-state index is 11.2. The number of benzene rings is 1. The summed E-state index contributed by atoms with van der Waals surface area (Å²) in [5.74, 6) is 0. The number of hydrogen-bond donors (Lipinski definition) is 1. The first-order valence-electron chi connectivity index (χ1n) is 3.65. The Hall–Kier alpha value is -1.11. The van der Waals surface area contributed by atoms with E-state index in [4.69, 9.17) is 0 Å². The second-order valence-electron chi connectivity index (χ2n) is 2.51. The summed E-state index contributed by atoms with van der Waals surface area (Å²) in [5.41, 5.74) is 0.604. The van der Waals surface area contributed by atoms with Gasteiger partial charge in [0.1, 0.15) is 6.33 Å². The highest BCUT2D eigenvalue weighted by molar-refractivity contribution is 14.1. The van der Waals surface area contributed by atoms with Gasteiger partial charge in [0.25, 0.3) is 0 Å². The van der Waals surface area contributed by atoms with Gasteiger partial charge in [0.2, 0.25) is 0 Å². The second kappa shape index (κ2) is 3.33. The molecule has 13 heavy (non-hydrogen) atoms. The molecule has 0 aliphatic rings. The Labute approximate surface area is 87.7 Å². The second-order valence-corrected chi connectivity index (χ2v) is 3.76. The first kappa shape index (κ1) is 8.49. The molecule has 66 valence electrons. The maximum atomic E-state index is 11.2. The van der Waals surface area contributed by atoms with Crippen molar-refractivity contribution in [2.75, 3.05) is 0 Å². The molecule has 0 saturated heterocycles. The van der Waals surface area contributed by atoms with Crippen LogP contribution in [0.4, 0.5) is 0 Å². The highest BCUT2D eigenvalue weighted by Crippen LogP contribution is 2.09. The fourth-order valence-electron chi connectivity index (χ4n) is 1.06. The van der Waals surface area contributed by atoms with E-state index in [1.165, 1.54) is 10.9 Å². The van der Waals surface area contributed by atoms with E-state index in [1.54, 1.807) is 0 Å². The SMILES string of the molecule is O=c1[nH]ncn1-c1cccc(I)c1. The van der Waals surface area contributed by atoms with Gasteiger partial charge in [0.05, 0.1) is 5.69 Å². The molecular formula is C8H6IN3O. The van der Waals surface area contributed by atoms with Crippen LogP contribution in [0.1, 0.15) is 0 Å². The first-order chi connectivity index (χ1) is 6.27. The summed E-state index contributed by atoms with van der Waals surface area (Å²) in [6.45, 7) is 0. The van der Waals surface area contributed by atoms with Crippen molar-refractivity contribution in [1.29, 1.82) is 0 Å². The van der Waals surface area contributed by atoms with Crippen LogP contribution in [0, 0.1) is 3.57 Å². The molecule has 0 aliphatic heterocycles. The number of halogens is 1. The lowest BCUT2D eigenvalue weighted by Gasteiger charge is -1.98. The minimum absolute atomic E-state index is 0.220. The average Bonchev–Trinajstić information content (AvgIpc) is 2.51. The Bertz CT molecular complexity index is 474. The third-order valence-electron chi connectivity index (χ3n) is 1.64. The molecule has 0 saturated carbocycles. The van der Waals surface area contributed by atoms with E-state index >= 15 is 0 Å². The molecule has 1 heterocycles. The van der Waals surface area contributed by atoms with E-state index in [-0.39, 0.29) is 5.69 Å². The first-order valence-corrected chi connectivity index (χ1v) is 4.73. The van der Waals surface area contributed by atoms with Crippen molar-refractivity contribution in [1.82, 2.24) is 14.8 Å². The molecule has 1 N–H and O–H groups in total. The summed E-state index contributed by atoms with van der Waals surface area (Å²) < 4.78 is 2.55. The molecule has 1 aromatic heterocycles. The van der Waals surface area contributed by atoms with Gasteiger partial charge in [0, 0.05) is 3.57 Å². The quantitative estimate of drug-likeness (QED) is 0.800. The summed E-state index contributed by atoms with van der Waals surface area (Å²) >= 11 is 2.20. The average molecular weight is 287 g/mol. The van der Waals surface area contributed by atoms with Gasteiger partial charge in [-0.3, -0.25) is 0 Å². The number of hydrogen-bond acceptors (Lipinski definition) is 2. The number of nitrogens with one attached hydrogen (secondary N) is 1. The molecule has 1 aromatic carbocycles. The summed E-state index contributed by atoms with van der Waals surface area (Å²) in [6.07, 6.45) is 1.47. The van der Waals surface area contributed by atoms with Crippen LogP contribution in [0.15, 0.2) is 35.4 Å². The van der Waals surface area contributed by atoms with Gasteiger partial charge < -0.3 is 0 Å². The van der Waals surface area contributed by atoms with Gasteiger partial charge in [-0.2, -0.15) is 5.10 Å². The molecule has 0 aliphatic carbocycles. The van der Waals surface area contributed by atoms with Crippen LogP contribution >= 0.6 is 22.6 Å². The molecule has 2 rings (SSSR count). The van der Waals surface area contributed by atoms with E-state index in [0.717, 1.165) is 9.26 Å². The van der Waals surface area contributed by atoms with Crippen molar-refractivity contribution >= 4 is 22.6 Å². The molecule has 2 aromatic rings. The standard InChI is InChI=1S/C8H6IN3O/c9-6-2-1-3-7(4-6)12-5-10-11-8(12)13/h1-5H,(H,11,13). The molecule has 4 nitrogen and oxygen atoms in total. The van der Waals surface area contributed by atoms with Crippen LogP contribution in [-0.2, 0) is 0 Å². The van der Waals surface area contributed by atoms with E-state index in [0.29, 0.717) is 0 Å². The van der Waals surface area contributed by atoms with Crippen molar-refractivity contribution in [3.63, 3.8) is 0 Å². The lowest BCUT2D eigenvalue weighted by atomic mass is 10.3. The molecule has 0 amide bonds. The number of aromatic nitrogens is 3.